The molecule has 0 radical (unpaired) electrons. The maximum Gasteiger partial charge on any atom is 0.239 e. The van der Waals surface area contributed by atoms with E-state index in [1.807, 2.05) is 26.0 Å². The Hall–Kier alpha value is -2.14. The van der Waals surface area contributed by atoms with E-state index in [4.69, 9.17) is 0 Å². The maximum absolute atomic E-state index is 12.7. The van der Waals surface area contributed by atoms with Gasteiger partial charge in [-0.2, -0.15) is 0 Å². The topological polar surface area (TPSA) is 61.4 Å². The maximum atomic E-state index is 12.7. The van der Waals surface area contributed by atoms with Gasteiger partial charge < -0.3 is 15.5 Å². The lowest BCUT2D eigenvalue weighted by atomic mass is 10.1. The fourth-order valence-corrected chi connectivity index (χ4v) is 3.44. The minimum atomic E-state index is -0.562. The first-order valence-electron chi connectivity index (χ1n) is 8.60. The molecule has 2 heterocycles. The van der Waals surface area contributed by atoms with E-state index >= 15 is 0 Å². The number of carbonyl (C=O) groups excluding carboxylic acids is 2. The summed E-state index contributed by atoms with van der Waals surface area (Å²) in [5.41, 5.74) is 4.39. The van der Waals surface area contributed by atoms with E-state index < -0.39 is 5.92 Å². The Kier molecular flexibility index (Phi) is 5.00. The first-order chi connectivity index (χ1) is 11.5. The van der Waals surface area contributed by atoms with Crippen LogP contribution in [0.5, 0.6) is 0 Å². The minimum Gasteiger partial charge on any atom is -0.352 e. The van der Waals surface area contributed by atoms with E-state index in [0.717, 1.165) is 36.3 Å². The highest BCUT2D eigenvalue weighted by molar-refractivity contribution is 6.09. The molecule has 24 heavy (non-hydrogen) atoms. The Morgan fingerprint density at radius 2 is 2.04 bits per heavy atom. The Morgan fingerprint density at radius 3 is 2.71 bits per heavy atom. The normalized spacial score (nSPS) is 20.9. The number of hydrogen-bond acceptors (Lipinski definition) is 3. The van der Waals surface area contributed by atoms with Gasteiger partial charge in [-0.05, 0) is 56.5 Å². The molecule has 5 heteroatoms. The third kappa shape index (κ3) is 3.67. The second-order valence-corrected chi connectivity index (χ2v) is 6.71. The molecule has 1 unspecified atom stereocenters. The Morgan fingerprint density at radius 1 is 1.29 bits per heavy atom. The van der Waals surface area contributed by atoms with E-state index in [0.29, 0.717) is 19.5 Å². The molecule has 0 saturated carbocycles. The summed E-state index contributed by atoms with van der Waals surface area (Å²) in [7, 11) is 0. The lowest BCUT2D eigenvalue weighted by Crippen LogP contribution is -2.38. The molecule has 0 aromatic heterocycles. The number of benzene rings is 1. The zero-order valence-corrected chi connectivity index (χ0v) is 14.4. The third-order valence-electron chi connectivity index (χ3n) is 4.69. The summed E-state index contributed by atoms with van der Waals surface area (Å²) in [4.78, 5) is 26.8. The van der Waals surface area contributed by atoms with Gasteiger partial charge in [-0.3, -0.25) is 9.59 Å². The quantitative estimate of drug-likeness (QED) is 0.653. The van der Waals surface area contributed by atoms with Gasteiger partial charge in [0.2, 0.25) is 11.8 Å². The van der Waals surface area contributed by atoms with Crippen LogP contribution in [-0.2, 0) is 9.59 Å². The van der Waals surface area contributed by atoms with Gasteiger partial charge in [0.05, 0.1) is 0 Å². The van der Waals surface area contributed by atoms with Crippen molar-refractivity contribution in [2.75, 3.05) is 31.1 Å². The number of rotatable bonds is 4. The molecular formula is C19H25N3O2. The third-order valence-corrected chi connectivity index (χ3v) is 4.69. The summed E-state index contributed by atoms with van der Waals surface area (Å²) < 4.78 is 0. The molecule has 1 aromatic rings. The molecule has 1 atom stereocenters. The summed E-state index contributed by atoms with van der Waals surface area (Å²) in [6.45, 7) is 7.00. The van der Waals surface area contributed by atoms with Crippen molar-refractivity contribution in [1.29, 1.82) is 0 Å². The van der Waals surface area contributed by atoms with Crippen molar-refractivity contribution >= 4 is 17.5 Å². The molecule has 0 bridgehead atoms. The SMILES string of the molecule is Cc1cc(C)cc(N2CCC(C(=O)NCC3=CCNCC3)C2=O)c1. The minimum absolute atomic E-state index is 0.0863. The van der Waals surface area contributed by atoms with Crippen LogP contribution in [0.15, 0.2) is 29.8 Å². The van der Waals surface area contributed by atoms with Gasteiger partial charge in [-0.15, -0.1) is 0 Å². The largest absolute Gasteiger partial charge is 0.352 e. The van der Waals surface area contributed by atoms with Gasteiger partial charge in [0.15, 0.2) is 0 Å². The second kappa shape index (κ2) is 7.18. The van der Waals surface area contributed by atoms with Crippen molar-refractivity contribution in [1.82, 2.24) is 10.6 Å². The predicted octanol–water partition coefficient (Wildman–Crippen LogP) is 1.69. The van der Waals surface area contributed by atoms with Crippen LogP contribution in [0.3, 0.4) is 0 Å². The molecule has 3 rings (SSSR count). The Bertz CT molecular complexity index is 661. The van der Waals surface area contributed by atoms with Crippen LogP contribution >= 0.6 is 0 Å². The van der Waals surface area contributed by atoms with Crippen molar-refractivity contribution in [3.8, 4) is 0 Å². The van der Waals surface area contributed by atoms with E-state index in [1.54, 1.807) is 4.90 Å². The van der Waals surface area contributed by atoms with Crippen LogP contribution in [-0.4, -0.2) is 38.0 Å². The van der Waals surface area contributed by atoms with Crippen molar-refractivity contribution in [2.24, 2.45) is 5.92 Å². The molecule has 1 saturated heterocycles. The first-order valence-corrected chi connectivity index (χ1v) is 8.60. The Balaban J connectivity index is 1.62. The smallest absolute Gasteiger partial charge is 0.239 e. The van der Waals surface area contributed by atoms with Crippen LogP contribution in [0.25, 0.3) is 0 Å². The highest BCUT2D eigenvalue weighted by atomic mass is 16.2. The Labute approximate surface area is 143 Å². The summed E-state index contributed by atoms with van der Waals surface area (Å²) >= 11 is 0. The molecule has 2 N–H and O–H groups in total. The lowest BCUT2D eigenvalue weighted by Gasteiger charge is -2.19. The zero-order chi connectivity index (χ0) is 17.1. The van der Waals surface area contributed by atoms with E-state index in [-0.39, 0.29) is 11.8 Å². The van der Waals surface area contributed by atoms with E-state index in [1.165, 1.54) is 5.57 Å². The summed E-state index contributed by atoms with van der Waals surface area (Å²) in [6.07, 6.45) is 3.65. The van der Waals surface area contributed by atoms with Gasteiger partial charge in [0, 0.05) is 25.3 Å². The van der Waals surface area contributed by atoms with Gasteiger partial charge in [0.25, 0.3) is 0 Å². The molecule has 128 valence electrons. The van der Waals surface area contributed by atoms with Crippen molar-refractivity contribution in [3.63, 3.8) is 0 Å². The van der Waals surface area contributed by atoms with E-state index in [9.17, 15) is 9.59 Å². The molecule has 1 aromatic carbocycles. The number of nitrogens with one attached hydrogen (secondary N) is 2. The number of amides is 2. The van der Waals surface area contributed by atoms with Gasteiger partial charge in [-0.25, -0.2) is 0 Å². The molecule has 0 spiro atoms. The number of carbonyl (C=O) groups is 2. The fraction of sp³-hybridized carbons (Fsp3) is 0.474. The van der Waals surface area contributed by atoms with Crippen molar-refractivity contribution < 1.29 is 9.59 Å². The first kappa shape index (κ1) is 16.7. The summed E-state index contributed by atoms with van der Waals surface area (Å²) in [5.74, 6) is -0.795. The molecule has 5 nitrogen and oxygen atoms in total. The van der Waals surface area contributed by atoms with Crippen molar-refractivity contribution in [2.45, 2.75) is 26.7 Å². The molecular weight excluding hydrogens is 302 g/mol. The van der Waals surface area contributed by atoms with Crippen molar-refractivity contribution in [3.05, 3.63) is 41.0 Å². The molecule has 0 aliphatic carbocycles. The average Bonchev–Trinajstić information content (AvgIpc) is 2.94. The van der Waals surface area contributed by atoms with Gasteiger partial charge in [-0.1, -0.05) is 17.7 Å². The number of hydrogen-bond donors (Lipinski definition) is 2. The number of nitrogens with zero attached hydrogens (tertiary/aromatic N) is 1. The fourth-order valence-electron chi connectivity index (χ4n) is 3.44. The van der Waals surface area contributed by atoms with Crippen LogP contribution in [0.1, 0.15) is 24.0 Å². The van der Waals surface area contributed by atoms with E-state index in [2.05, 4.69) is 22.8 Å². The number of aryl methyl sites for hydroxylation is 2. The second-order valence-electron chi connectivity index (χ2n) is 6.71. The zero-order valence-electron chi connectivity index (χ0n) is 14.4. The number of anilines is 1. The van der Waals surface area contributed by atoms with Crippen LogP contribution in [0.2, 0.25) is 0 Å². The van der Waals surface area contributed by atoms with Gasteiger partial charge in [0.1, 0.15) is 5.92 Å². The highest BCUT2D eigenvalue weighted by Gasteiger charge is 2.37. The molecule has 1 fully saturated rings. The monoisotopic (exact) mass is 327 g/mol. The molecule has 2 aliphatic heterocycles. The summed E-state index contributed by atoms with van der Waals surface area (Å²) in [6, 6.07) is 6.09. The predicted molar refractivity (Wildman–Crippen MR) is 95.0 cm³/mol. The highest BCUT2D eigenvalue weighted by Crippen LogP contribution is 2.27. The summed E-state index contributed by atoms with van der Waals surface area (Å²) in [5, 5.41) is 6.18. The molecule has 2 aliphatic rings. The average molecular weight is 327 g/mol. The van der Waals surface area contributed by atoms with Crippen LogP contribution in [0.4, 0.5) is 5.69 Å². The lowest BCUT2D eigenvalue weighted by molar-refractivity contribution is -0.132. The standard InChI is InChI=1S/C19H25N3O2/c1-13-9-14(2)11-16(10-13)22-8-5-17(19(22)24)18(23)21-12-15-3-6-20-7-4-15/h3,9-11,17,20H,4-8,12H2,1-2H3,(H,21,23). The molecule has 2 amide bonds. The van der Waals surface area contributed by atoms with Crippen LogP contribution < -0.4 is 15.5 Å². The van der Waals surface area contributed by atoms with Gasteiger partial charge >= 0.3 is 0 Å². The van der Waals surface area contributed by atoms with Crippen LogP contribution in [0, 0.1) is 19.8 Å².